The fourth-order valence-corrected chi connectivity index (χ4v) is 2.70. The summed E-state index contributed by atoms with van der Waals surface area (Å²) in [4.78, 5) is 0. The van der Waals surface area contributed by atoms with Crippen LogP contribution in [0.25, 0.3) is 0 Å². The summed E-state index contributed by atoms with van der Waals surface area (Å²) in [5.74, 6) is 6.85. The van der Waals surface area contributed by atoms with Crippen molar-refractivity contribution in [3.8, 4) is 11.8 Å². The molecular weight excluding hydrogens is 210 g/mol. The van der Waals surface area contributed by atoms with Gasteiger partial charge in [0.2, 0.25) is 0 Å². The zero-order chi connectivity index (χ0) is 12.5. The van der Waals surface area contributed by atoms with Crippen molar-refractivity contribution in [3.05, 3.63) is 0 Å². The lowest BCUT2D eigenvalue weighted by Gasteiger charge is -2.27. The highest BCUT2D eigenvalue weighted by Gasteiger charge is 2.32. The first-order valence-electron chi connectivity index (χ1n) is 7.08. The molecule has 0 radical (unpaired) electrons. The standard InChI is InChI=1S/C15H27NO/c1-4-7-8-9-14(16-11-5-2)13-10-12-17-15(13)6-3/h13-16H,5-6,8-12H2,1-3H3. The Morgan fingerprint density at radius 2 is 2.24 bits per heavy atom. The van der Waals surface area contributed by atoms with Crippen molar-refractivity contribution < 1.29 is 4.74 Å². The van der Waals surface area contributed by atoms with Gasteiger partial charge in [-0.05, 0) is 39.2 Å². The van der Waals surface area contributed by atoms with E-state index in [0.717, 1.165) is 32.4 Å². The van der Waals surface area contributed by atoms with E-state index in [-0.39, 0.29) is 0 Å². The smallest absolute Gasteiger partial charge is 0.0616 e. The van der Waals surface area contributed by atoms with Crippen LogP contribution in [-0.2, 0) is 4.74 Å². The Bertz CT molecular complexity index is 253. The van der Waals surface area contributed by atoms with Gasteiger partial charge in [0.15, 0.2) is 0 Å². The fourth-order valence-electron chi connectivity index (χ4n) is 2.70. The van der Waals surface area contributed by atoms with Gasteiger partial charge >= 0.3 is 0 Å². The summed E-state index contributed by atoms with van der Waals surface area (Å²) in [5.41, 5.74) is 0. The molecular formula is C15H27NO. The quantitative estimate of drug-likeness (QED) is 0.687. The Labute approximate surface area is 107 Å². The molecule has 1 aliphatic rings. The van der Waals surface area contributed by atoms with Crippen LogP contribution in [0.4, 0.5) is 0 Å². The van der Waals surface area contributed by atoms with Gasteiger partial charge in [0, 0.05) is 25.0 Å². The summed E-state index contributed by atoms with van der Waals surface area (Å²) < 4.78 is 5.81. The SMILES string of the molecule is CC#CCCC(NCCC)C1CCOC1CC. The highest BCUT2D eigenvalue weighted by molar-refractivity contribution is 4.97. The van der Waals surface area contributed by atoms with Crippen LogP contribution >= 0.6 is 0 Å². The molecule has 1 N–H and O–H groups in total. The summed E-state index contributed by atoms with van der Waals surface area (Å²) in [6.07, 6.45) is 6.16. The molecule has 0 aromatic heterocycles. The van der Waals surface area contributed by atoms with Gasteiger partial charge in [0.1, 0.15) is 0 Å². The van der Waals surface area contributed by atoms with Gasteiger partial charge in [0.25, 0.3) is 0 Å². The third-order valence-electron chi connectivity index (χ3n) is 3.59. The summed E-state index contributed by atoms with van der Waals surface area (Å²) in [6, 6.07) is 0.586. The van der Waals surface area contributed by atoms with E-state index in [1.807, 2.05) is 6.92 Å². The Kier molecular flexibility index (Phi) is 7.32. The number of rotatable bonds is 7. The molecule has 0 aromatic rings. The largest absolute Gasteiger partial charge is 0.378 e. The normalized spacial score (nSPS) is 25.4. The number of hydrogen-bond acceptors (Lipinski definition) is 2. The Hall–Kier alpha value is -0.520. The van der Waals surface area contributed by atoms with Crippen molar-refractivity contribution in [2.24, 2.45) is 5.92 Å². The van der Waals surface area contributed by atoms with Gasteiger partial charge in [0.05, 0.1) is 6.10 Å². The molecule has 3 atom stereocenters. The minimum absolute atomic E-state index is 0.457. The number of ether oxygens (including phenoxy) is 1. The summed E-state index contributed by atoms with van der Waals surface area (Å²) in [7, 11) is 0. The first kappa shape index (κ1) is 14.5. The van der Waals surface area contributed by atoms with E-state index in [2.05, 4.69) is 31.0 Å². The van der Waals surface area contributed by atoms with E-state index >= 15 is 0 Å². The maximum atomic E-state index is 5.81. The van der Waals surface area contributed by atoms with Crippen molar-refractivity contribution in [1.29, 1.82) is 0 Å². The van der Waals surface area contributed by atoms with Gasteiger partial charge in [-0.2, -0.15) is 0 Å². The zero-order valence-electron chi connectivity index (χ0n) is 11.6. The molecule has 1 heterocycles. The van der Waals surface area contributed by atoms with E-state index in [1.54, 1.807) is 0 Å². The first-order valence-corrected chi connectivity index (χ1v) is 7.08. The molecule has 0 aliphatic carbocycles. The minimum atomic E-state index is 0.457. The molecule has 0 saturated carbocycles. The average molecular weight is 237 g/mol. The zero-order valence-corrected chi connectivity index (χ0v) is 11.6. The van der Waals surface area contributed by atoms with Crippen molar-refractivity contribution >= 4 is 0 Å². The van der Waals surface area contributed by atoms with E-state index in [1.165, 1.54) is 12.8 Å². The fraction of sp³-hybridized carbons (Fsp3) is 0.867. The molecule has 1 fully saturated rings. The molecule has 1 rings (SSSR count). The molecule has 2 heteroatoms. The van der Waals surface area contributed by atoms with Crippen molar-refractivity contribution in [2.75, 3.05) is 13.2 Å². The van der Waals surface area contributed by atoms with Crippen LogP contribution in [0.3, 0.4) is 0 Å². The molecule has 3 unspecified atom stereocenters. The highest BCUT2D eigenvalue weighted by Crippen LogP contribution is 2.28. The van der Waals surface area contributed by atoms with Gasteiger partial charge in [-0.3, -0.25) is 0 Å². The second kappa shape index (κ2) is 8.55. The van der Waals surface area contributed by atoms with Crippen LogP contribution in [-0.4, -0.2) is 25.3 Å². The second-order valence-electron chi connectivity index (χ2n) is 4.80. The Morgan fingerprint density at radius 1 is 1.41 bits per heavy atom. The maximum absolute atomic E-state index is 5.81. The molecule has 17 heavy (non-hydrogen) atoms. The van der Waals surface area contributed by atoms with Crippen LogP contribution in [0, 0.1) is 17.8 Å². The van der Waals surface area contributed by atoms with Crippen LogP contribution in [0.2, 0.25) is 0 Å². The lowest BCUT2D eigenvalue weighted by molar-refractivity contribution is 0.0766. The predicted molar refractivity (Wildman–Crippen MR) is 72.9 cm³/mol. The number of hydrogen-bond donors (Lipinski definition) is 1. The van der Waals surface area contributed by atoms with Gasteiger partial charge in [-0.15, -0.1) is 11.8 Å². The molecule has 0 amide bonds. The van der Waals surface area contributed by atoms with E-state index in [0.29, 0.717) is 18.1 Å². The van der Waals surface area contributed by atoms with Crippen LogP contribution in [0.1, 0.15) is 52.9 Å². The molecule has 1 aliphatic heterocycles. The highest BCUT2D eigenvalue weighted by atomic mass is 16.5. The van der Waals surface area contributed by atoms with Crippen LogP contribution < -0.4 is 5.32 Å². The maximum Gasteiger partial charge on any atom is 0.0616 e. The Balaban J connectivity index is 2.49. The Morgan fingerprint density at radius 3 is 2.88 bits per heavy atom. The lowest BCUT2D eigenvalue weighted by Crippen LogP contribution is -2.40. The van der Waals surface area contributed by atoms with Crippen molar-refractivity contribution in [2.45, 2.75) is 65.0 Å². The van der Waals surface area contributed by atoms with Gasteiger partial charge in [-0.1, -0.05) is 13.8 Å². The third kappa shape index (κ3) is 4.69. The third-order valence-corrected chi connectivity index (χ3v) is 3.59. The lowest BCUT2D eigenvalue weighted by atomic mass is 9.88. The number of nitrogens with one attached hydrogen (secondary N) is 1. The summed E-state index contributed by atoms with van der Waals surface area (Å²) >= 11 is 0. The predicted octanol–water partition coefficient (Wildman–Crippen LogP) is 2.97. The van der Waals surface area contributed by atoms with Crippen LogP contribution in [0.5, 0.6) is 0 Å². The summed E-state index contributed by atoms with van der Waals surface area (Å²) in [6.45, 7) is 8.41. The molecule has 2 nitrogen and oxygen atoms in total. The first-order chi connectivity index (χ1) is 8.33. The topological polar surface area (TPSA) is 21.3 Å². The van der Waals surface area contributed by atoms with Gasteiger partial charge in [-0.25, -0.2) is 0 Å². The van der Waals surface area contributed by atoms with E-state index in [9.17, 15) is 0 Å². The molecule has 98 valence electrons. The molecule has 0 spiro atoms. The molecule has 0 bridgehead atoms. The van der Waals surface area contributed by atoms with Crippen LogP contribution in [0.15, 0.2) is 0 Å². The van der Waals surface area contributed by atoms with Gasteiger partial charge < -0.3 is 10.1 Å². The average Bonchev–Trinajstić information content (AvgIpc) is 2.81. The minimum Gasteiger partial charge on any atom is -0.378 e. The molecule has 1 saturated heterocycles. The monoisotopic (exact) mass is 237 g/mol. The van der Waals surface area contributed by atoms with Crippen molar-refractivity contribution in [1.82, 2.24) is 5.32 Å². The summed E-state index contributed by atoms with van der Waals surface area (Å²) in [5, 5.41) is 3.69. The second-order valence-corrected chi connectivity index (χ2v) is 4.80. The van der Waals surface area contributed by atoms with E-state index < -0.39 is 0 Å². The molecule has 0 aromatic carbocycles. The van der Waals surface area contributed by atoms with E-state index in [4.69, 9.17) is 4.74 Å². The van der Waals surface area contributed by atoms with Crippen molar-refractivity contribution in [3.63, 3.8) is 0 Å².